The van der Waals surface area contributed by atoms with Crippen molar-refractivity contribution in [1.82, 2.24) is 20.2 Å². The van der Waals surface area contributed by atoms with Gasteiger partial charge in [-0.15, -0.1) is 10.2 Å². The molecule has 21 heavy (non-hydrogen) atoms. The third kappa shape index (κ3) is 3.75. The Hall–Kier alpha value is -1.56. The summed E-state index contributed by atoms with van der Waals surface area (Å²) < 4.78 is 25.9. The van der Waals surface area contributed by atoms with Gasteiger partial charge in [0.2, 0.25) is 11.0 Å². The first kappa shape index (κ1) is 15.8. The fourth-order valence-corrected chi connectivity index (χ4v) is 3.41. The molecule has 0 saturated heterocycles. The van der Waals surface area contributed by atoms with E-state index in [-0.39, 0.29) is 25.5 Å². The number of amides is 1. The molecule has 0 fully saturated rings. The lowest BCUT2D eigenvalue weighted by atomic mass is 10.6. The van der Waals surface area contributed by atoms with Crippen molar-refractivity contribution in [3.63, 3.8) is 0 Å². The van der Waals surface area contributed by atoms with E-state index in [1.54, 1.807) is 0 Å². The Balaban J connectivity index is 2.28. The van der Waals surface area contributed by atoms with Gasteiger partial charge in [-0.25, -0.2) is 9.97 Å². The van der Waals surface area contributed by atoms with Crippen molar-refractivity contribution in [1.29, 1.82) is 0 Å². The predicted octanol–water partition coefficient (Wildman–Crippen LogP) is 1.39. The van der Waals surface area contributed by atoms with E-state index in [4.69, 9.17) is 23.2 Å². The molecule has 0 aliphatic rings. The van der Waals surface area contributed by atoms with Crippen LogP contribution in [-0.2, 0) is 14.8 Å². The molecule has 2 aromatic heterocycles. The van der Waals surface area contributed by atoms with Gasteiger partial charge in [-0.1, -0.05) is 34.5 Å². The smallest absolute Gasteiger partial charge is 0.292 e. The van der Waals surface area contributed by atoms with E-state index in [1.165, 1.54) is 6.92 Å². The van der Waals surface area contributed by atoms with Crippen LogP contribution in [0.1, 0.15) is 6.92 Å². The molecule has 2 aromatic rings. The highest BCUT2D eigenvalue weighted by atomic mass is 35.5. The lowest BCUT2D eigenvalue weighted by molar-refractivity contribution is -0.114. The Kier molecular flexibility index (Phi) is 4.56. The first-order valence-electron chi connectivity index (χ1n) is 5.09. The lowest BCUT2D eigenvalue weighted by Crippen LogP contribution is -2.14. The Bertz CT molecular complexity index is 793. The van der Waals surface area contributed by atoms with E-state index in [2.05, 4.69) is 30.2 Å². The topological polar surface area (TPSA) is 127 Å². The normalized spacial score (nSPS) is 11.2. The SMILES string of the molecule is CC(=O)Nc1nnc(S(=O)(=O)Nc2ncnc(Cl)c2Cl)s1. The average molecular weight is 369 g/mol. The molecule has 2 N–H and O–H groups in total. The largest absolute Gasteiger partial charge is 0.301 e. The molecule has 2 heterocycles. The highest BCUT2D eigenvalue weighted by Crippen LogP contribution is 2.28. The van der Waals surface area contributed by atoms with Crippen LogP contribution in [0.25, 0.3) is 0 Å². The van der Waals surface area contributed by atoms with Gasteiger partial charge in [-0.2, -0.15) is 8.42 Å². The summed E-state index contributed by atoms with van der Waals surface area (Å²) in [5, 5.41) is 9.14. The molecule has 2 rings (SSSR count). The minimum Gasteiger partial charge on any atom is -0.301 e. The molecule has 0 unspecified atom stereocenters. The highest BCUT2D eigenvalue weighted by Gasteiger charge is 2.23. The monoisotopic (exact) mass is 368 g/mol. The number of halogens is 2. The molecule has 0 radical (unpaired) electrons. The third-order valence-electron chi connectivity index (χ3n) is 1.90. The van der Waals surface area contributed by atoms with E-state index < -0.39 is 15.9 Å². The van der Waals surface area contributed by atoms with Crippen LogP contribution >= 0.6 is 34.5 Å². The van der Waals surface area contributed by atoms with Crippen LogP contribution in [0.4, 0.5) is 10.9 Å². The number of aromatic nitrogens is 4. The molecule has 0 spiro atoms. The summed E-state index contributed by atoms with van der Waals surface area (Å²) >= 11 is 12.1. The Morgan fingerprint density at radius 3 is 2.67 bits per heavy atom. The number of nitrogens with zero attached hydrogens (tertiary/aromatic N) is 4. The summed E-state index contributed by atoms with van der Waals surface area (Å²) in [6.45, 7) is 1.26. The predicted molar refractivity (Wildman–Crippen MR) is 77.1 cm³/mol. The molecular weight excluding hydrogens is 363 g/mol. The number of carbonyl (C=O) groups is 1. The zero-order chi connectivity index (χ0) is 15.6. The summed E-state index contributed by atoms with van der Waals surface area (Å²) in [4.78, 5) is 18.1. The number of sulfonamides is 1. The number of anilines is 2. The van der Waals surface area contributed by atoms with Crippen molar-refractivity contribution >= 4 is 61.4 Å². The molecule has 0 atom stereocenters. The van der Waals surface area contributed by atoms with Crippen LogP contribution in [0, 0.1) is 0 Å². The number of rotatable bonds is 4. The molecule has 0 saturated carbocycles. The fourth-order valence-electron chi connectivity index (χ4n) is 1.11. The van der Waals surface area contributed by atoms with Crippen LogP contribution in [0.3, 0.4) is 0 Å². The molecule has 0 aliphatic heterocycles. The number of carbonyl (C=O) groups excluding carboxylic acids is 1. The number of nitrogens with one attached hydrogen (secondary N) is 2. The number of hydrogen-bond donors (Lipinski definition) is 2. The Morgan fingerprint density at radius 2 is 2.00 bits per heavy atom. The summed E-state index contributed by atoms with van der Waals surface area (Å²) in [6, 6.07) is 0. The van der Waals surface area contributed by atoms with Crippen molar-refractivity contribution in [3.05, 3.63) is 16.5 Å². The maximum absolute atomic E-state index is 12.1. The first-order chi connectivity index (χ1) is 9.79. The van der Waals surface area contributed by atoms with Gasteiger partial charge in [-0.05, 0) is 0 Å². The zero-order valence-electron chi connectivity index (χ0n) is 10.2. The molecule has 112 valence electrons. The van der Waals surface area contributed by atoms with E-state index in [0.717, 1.165) is 6.33 Å². The first-order valence-corrected chi connectivity index (χ1v) is 8.15. The van der Waals surface area contributed by atoms with Crippen LogP contribution in [0.2, 0.25) is 10.2 Å². The van der Waals surface area contributed by atoms with Gasteiger partial charge in [-0.3, -0.25) is 9.52 Å². The van der Waals surface area contributed by atoms with Crippen molar-refractivity contribution in [2.75, 3.05) is 10.0 Å². The van der Waals surface area contributed by atoms with Gasteiger partial charge in [0.25, 0.3) is 14.4 Å². The van der Waals surface area contributed by atoms with Gasteiger partial charge in [0, 0.05) is 6.92 Å². The Labute approximate surface area is 132 Å². The van der Waals surface area contributed by atoms with Crippen molar-refractivity contribution in [2.24, 2.45) is 0 Å². The summed E-state index contributed by atoms with van der Waals surface area (Å²) in [6.07, 6.45) is 1.05. The van der Waals surface area contributed by atoms with E-state index in [9.17, 15) is 13.2 Å². The highest BCUT2D eigenvalue weighted by molar-refractivity contribution is 7.94. The van der Waals surface area contributed by atoms with Gasteiger partial charge in [0.1, 0.15) is 11.3 Å². The van der Waals surface area contributed by atoms with Gasteiger partial charge in [0.05, 0.1) is 0 Å². The fraction of sp³-hybridized carbons (Fsp3) is 0.125. The maximum Gasteiger partial charge on any atom is 0.292 e. The van der Waals surface area contributed by atoms with Crippen LogP contribution in [-0.4, -0.2) is 34.5 Å². The van der Waals surface area contributed by atoms with E-state index in [1.807, 2.05) is 0 Å². The minimum absolute atomic E-state index is 0.0506. The molecule has 1 amide bonds. The molecule has 13 heteroatoms. The van der Waals surface area contributed by atoms with E-state index in [0.29, 0.717) is 11.3 Å². The molecule has 0 bridgehead atoms. The van der Waals surface area contributed by atoms with Crippen molar-refractivity contribution in [3.8, 4) is 0 Å². The van der Waals surface area contributed by atoms with Crippen molar-refractivity contribution < 1.29 is 13.2 Å². The van der Waals surface area contributed by atoms with Gasteiger partial charge >= 0.3 is 0 Å². The molecule has 0 aliphatic carbocycles. The van der Waals surface area contributed by atoms with Crippen molar-refractivity contribution in [2.45, 2.75) is 11.3 Å². The van der Waals surface area contributed by atoms with E-state index >= 15 is 0 Å². The minimum atomic E-state index is -4.06. The quantitative estimate of drug-likeness (QED) is 0.616. The number of hydrogen-bond acceptors (Lipinski definition) is 8. The van der Waals surface area contributed by atoms with Gasteiger partial charge < -0.3 is 5.32 Å². The van der Waals surface area contributed by atoms with Crippen LogP contribution in [0.5, 0.6) is 0 Å². The Morgan fingerprint density at radius 1 is 1.29 bits per heavy atom. The second kappa shape index (κ2) is 6.05. The molecule has 0 aromatic carbocycles. The standard InChI is InChI=1S/C8H6Cl2N6O3S2/c1-3(17)13-7-14-15-8(20-7)21(18,19)16-6-4(9)5(10)11-2-12-6/h2H,1H3,(H,11,12,16)(H,13,14,17). The van der Waals surface area contributed by atoms with Gasteiger partial charge in [0.15, 0.2) is 11.0 Å². The second-order valence-corrected chi connectivity index (χ2v) is 7.06. The summed E-state index contributed by atoms with van der Waals surface area (Å²) in [7, 11) is -4.06. The van der Waals surface area contributed by atoms with Crippen LogP contribution in [0.15, 0.2) is 10.7 Å². The lowest BCUT2D eigenvalue weighted by Gasteiger charge is -2.05. The molecule has 9 nitrogen and oxygen atoms in total. The maximum atomic E-state index is 12.1. The van der Waals surface area contributed by atoms with Crippen LogP contribution < -0.4 is 10.0 Å². The molecular formula is C8H6Cl2N6O3S2. The third-order valence-corrected chi connectivity index (χ3v) is 5.18. The second-order valence-electron chi connectivity index (χ2n) is 3.49. The zero-order valence-corrected chi connectivity index (χ0v) is 13.3. The average Bonchev–Trinajstić information content (AvgIpc) is 2.83. The summed E-state index contributed by atoms with van der Waals surface area (Å²) in [5.41, 5.74) is 0. The summed E-state index contributed by atoms with van der Waals surface area (Å²) in [5.74, 6) is -0.582.